The highest BCUT2D eigenvalue weighted by Gasteiger charge is 2.32. The van der Waals surface area contributed by atoms with Crippen LogP contribution in [-0.4, -0.2) is 56.1 Å². The van der Waals surface area contributed by atoms with Crippen LogP contribution in [0, 0.1) is 0 Å². The van der Waals surface area contributed by atoms with E-state index in [0.29, 0.717) is 36.6 Å². The molecule has 0 spiro atoms. The van der Waals surface area contributed by atoms with Crippen molar-refractivity contribution in [3.05, 3.63) is 17.7 Å². The molecule has 1 atom stereocenters. The van der Waals surface area contributed by atoms with Gasteiger partial charge in [0.05, 0.1) is 21.3 Å². The molecule has 1 aliphatic rings. The van der Waals surface area contributed by atoms with Crippen LogP contribution in [0.15, 0.2) is 12.1 Å². The molecule has 128 valence electrons. The fourth-order valence-electron chi connectivity index (χ4n) is 2.61. The van der Waals surface area contributed by atoms with Crippen LogP contribution < -0.4 is 14.2 Å². The number of ether oxygens (including phenoxy) is 3. The number of amides is 1. The molecule has 1 aliphatic heterocycles. The Labute approximate surface area is 140 Å². The summed E-state index contributed by atoms with van der Waals surface area (Å²) >= 11 is 1.69. The van der Waals surface area contributed by atoms with Gasteiger partial charge in [-0.15, -0.1) is 11.8 Å². The Morgan fingerprint density at radius 2 is 1.83 bits per heavy atom. The van der Waals surface area contributed by atoms with E-state index in [9.17, 15) is 4.79 Å². The number of carbonyl (C=O) groups is 1. The molecule has 2 rings (SSSR count). The predicted octanol–water partition coefficient (Wildman–Crippen LogP) is 2.06. The normalized spacial score (nSPS) is 18.0. The number of methoxy groups -OCH3 is 3. The summed E-state index contributed by atoms with van der Waals surface area (Å²) < 4.78 is 16.2. The number of thioether (sulfide) groups is 1. The lowest BCUT2D eigenvalue weighted by Crippen LogP contribution is -2.38. The zero-order valence-corrected chi connectivity index (χ0v) is 14.5. The number of hydrogen-bond acceptors (Lipinski definition) is 6. The Morgan fingerprint density at radius 1 is 1.17 bits per heavy atom. The lowest BCUT2D eigenvalue weighted by atomic mass is 10.1. The van der Waals surface area contributed by atoms with E-state index in [2.05, 4.69) is 0 Å². The van der Waals surface area contributed by atoms with E-state index in [4.69, 9.17) is 19.3 Å². The van der Waals surface area contributed by atoms with Crippen molar-refractivity contribution in [3.63, 3.8) is 0 Å². The molecule has 0 saturated carbocycles. The third kappa shape index (κ3) is 3.84. The van der Waals surface area contributed by atoms with Crippen LogP contribution in [0.2, 0.25) is 0 Å². The molecule has 0 radical (unpaired) electrons. The molecule has 6 nitrogen and oxygen atoms in total. The van der Waals surface area contributed by atoms with Gasteiger partial charge in [0.15, 0.2) is 11.5 Å². The molecule has 1 amide bonds. The first-order valence-corrected chi connectivity index (χ1v) is 8.53. The van der Waals surface area contributed by atoms with Crippen molar-refractivity contribution in [1.29, 1.82) is 0 Å². The molecule has 0 bridgehead atoms. The van der Waals surface area contributed by atoms with Gasteiger partial charge in [-0.3, -0.25) is 4.79 Å². The first-order valence-electron chi connectivity index (χ1n) is 7.48. The number of hydrogen-bond donors (Lipinski definition) is 1. The van der Waals surface area contributed by atoms with E-state index in [1.807, 2.05) is 6.07 Å². The molecule has 0 aliphatic carbocycles. The highest BCUT2D eigenvalue weighted by Crippen LogP contribution is 2.45. The van der Waals surface area contributed by atoms with Crippen molar-refractivity contribution in [3.8, 4) is 17.2 Å². The topological polar surface area (TPSA) is 68.2 Å². The number of aliphatic hydroxyl groups excluding tert-OH is 1. The Hall–Kier alpha value is -1.60. The van der Waals surface area contributed by atoms with E-state index in [1.54, 1.807) is 44.1 Å². The standard InChI is InChI=1S/C16H23NO5S/c1-20-12-10-14(22-3)13(21-2)9-11(12)16-17(6-4-7-18)15(19)5-8-23-16/h9-10,16,18H,4-8H2,1-3H3. The third-order valence-electron chi connectivity index (χ3n) is 3.75. The molecular formula is C16H23NO5S. The summed E-state index contributed by atoms with van der Waals surface area (Å²) in [7, 11) is 4.75. The second kappa shape index (κ2) is 8.31. The summed E-state index contributed by atoms with van der Waals surface area (Å²) in [6, 6.07) is 3.64. The largest absolute Gasteiger partial charge is 0.496 e. The summed E-state index contributed by atoms with van der Waals surface area (Å²) in [6.07, 6.45) is 1.07. The Balaban J connectivity index is 2.42. The molecule has 23 heavy (non-hydrogen) atoms. The van der Waals surface area contributed by atoms with Gasteiger partial charge in [-0.2, -0.15) is 0 Å². The molecule has 1 N–H and O–H groups in total. The molecule has 1 aromatic rings. The monoisotopic (exact) mass is 341 g/mol. The second-order valence-electron chi connectivity index (χ2n) is 5.09. The zero-order valence-electron chi connectivity index (χ0n) is 13.7. The van der Waals surface area contributed by atoms with Crippen molar-refractivity contribution in [1.82, 2.24) is 4.90 Å². The van der Waals surface area contributed by atoms with Crippen LogP contribution >= 0.6 is 11.8 Å². The predicted molar refractivity (Wildman–Crippen MR) is 89.3 cm³/mol. The number of rotatable bonds is 7. The maximum atomic E-state index is 12.3. The average Bonchev–Trinajstić information content (AvgIpc) is 2.59. The van der Waals surface area contributed by atoms with Crippen molar-refractivity contribution in [2.45, 2.75) is 18.2 Å². The first kappa shape index (κ1) is 17.7. The van der Waals surface area contributed by atoms with Gasteiger partial charge < -0.3 is 24.2 Å². The van der Waals surface area contributed by atoms with Crippen LogP contribution in [0.3, 0.4) is 0 Å². The maximum Gasteiger partial charge on any atom is 0.224 e. The van der Waals surface area contributed by atoms with Crippen molar-refractivity contribution in [2.24, 2.45) is 0 Å². The van der Waals surface area contributed by atoms with Gasteiger partial charge in [0.2, 0.25) is 5.91 Å². The average molecular weight is 341 g/mol. The number of aliphatic hydroxyl groups is 1. The Kier molecular flexibility index (Phi) is 6.41. The minimum absolute atomic E-state index is 0.0598. The smallest absolute Gasteiger partial charge is 0.224 e. The lowest BCUT2D eigenvalue weighted by Gasteiger charge is -2.36. The van der Waals surface area contributed by atoms with Crippen LogP contribution in [0.1, 0.15) is 23.8 Å². The van der Waals surface area contributed by atoms with Crippen LogP contribution in [-0.2, 0) is 4.79 Å². The van der Waals surface area contributed by atoms with Gasteiger partial charge in [0, 0.05) is 37.0 Å². The molecule has 1 heterocycles. The van der Waals surface area contributed by atoms with E-state index < -0.39 is 0 Å². The Morgan fingerprint density at radius 3 is 2.43 bits per heavy atom. The van der Waals surface area contributed by atoms with Gasteiger partial charge in [0.25, 0.3) is 0 Å². The van der Waals surface area contributed by atoms with Crippen molar-refractivity contribution >= 4 is 17.7 Å². The lowest BCUT2D eigenvalue weighted by molar-refractivity contribution is -0.132. The summed E-state index contributed by atoms with van der Waals surface area (Å²) in [5.74, 6) is 2.70. The van der Waals surface area contributed by atoms with Crippen LogP contribution in [0.25, 0.3) is 0 Å². The van der Waals surface area contributed by atoms with Crippen molar-refractivity contribution < 1.29 is 24.1 Å². The minimum Gasteiger partial charge on any atom is -0.496 e. The highest BCUT2D eigenvalue weighted by atomic mass is 32.2. The SMILES string of the molecule is COc1cc(OC)c(C2SCCC(=O)N2CCCO)cc1OC. The fourth-order valence-corrected chi connectivity index (χ4v) is 3.89. The summed E-state index contributed by atoms with van der Waals surface area (Å²) in [4.78, 5) is 14.1. The maximum absolute atomic E-state index is 12.3. The highest BCUT2D eigenvalue weighted by molar-refractivity contribution is 7.99. The van der Waals surface area contributed by atoms with Gasteiger partial charge in [0.1, 0.15) is 11.1 Å². The second-order valence-corrected chi connectivity index (χ2v) is 6.27. The third-order valence-corrected chi connectivity index (χ3v) is 5.02. The van der Waals surface area contributed by atoms with E-state index in [-0.39, 0.29) is 17.9 Å². The van der Waals surface area contributed by atoms with Crippen LogP contribution in [0.5, 0.6) is 17.2 Å². The molecule has 0 aromatic heterocycles. The quantitative estimate of drug-likeness (QED) is 0.819. The molecular weight excluding hydrogens is 318 g/mol. The van der Waals surface area contributed by atoms with Crippen molar-refractivity contribution in [2.75, 3.05) is 40.2 Å². The van der Waals surface area contributed by atoms with Gasteiger partial charge in [-0.05, 0) is 12.5 Å². The van der Waals surface area contributed by atoms with Gasteiger partial charge >= 0.3 is 0 Å². The molecule has 7 heteroatoms. The van der Waals surface area contributed by atoms with Gasteiger partial charge in [-0.1, -0.05) is 0 Å². The molecule has 1 saturated heterocycles. The Bertz CT molecular complexity index is 552. The van der Waals surface area contributed by atoms with E-state index >= 15 is 0 Å². The number of nitrogens with zero attached hydrogens (tertiary/aromatic N) is 1. The number of carbonyl (C=O) groups excluding carboxylic acids is 1. The van der Waals surface area contributed by atoms with E-state index in [0.717, 1.165) is 11.3 Å². The van der Waals surface area contributed by atoms with Gasteiger partial charge in [-0.25, -0.2) is 0 Å². The molecule has 1 fully saturated rings. The first-order chi connectivity index (χ1) is 11.2. The molecule has 1 aromatic carbocycles. The summed E-state index contributed by atoms with van der Waals surface area (Å²) in [5, 5.41) is 8.93. The summed E-state index contributed by atoms with van der Waals surface area (Å²) in [5.41, 5.74) is 0.876. The van der Waals surface area contributed by atoms with Crippen LogP contribution in [0.4, 0.5) is 0 Å². The zero-order chi connectivity index (χ0) is 16.8. The molecule has 1 unspecified atom stereocenters. The summed E-state index contributed by atoms with van der Waals surface area (Å²) in [6.45, 7) is 0.578. The number of benzene rings is 1. The van der Waals surface area contributed by atoms with E-state index in [1.165, 1.54) is 0 Å². The minimum atomic E-state index is -0.155. The fraction of sp³-hybridized carbons (Fsp3) is 0.562.